The first-order valence-corrected chi connectivity index (χ1v) is 13.0. The topological polar surface area (TPSA) is 86.8 Å². The lowest BCUT2D eigenvalue weighted by molar-refractivity contribution is -0.140. The van der Waals surface area contributed by atoms with Gasteiger partial charge in [0.1, 0.15) is 12.6 Å². The molecule has 33 heavy (non-hydrogen) atoms. The molecule has 0 spiro atoms. The van der Waals surface area contributed by atoms with Gasteiger partial charge in [0, 0.05) is 12.6 Å². The number of carbonyl (C=O) groups is 2. The lowest BCUT2D eigenvalue weighted by Crippen LogP contribution is -2.53. The number of sulfonamides is 1. The maximum atomic E-state index is 13.6. The Labute approximate surface area is 197 Å². The van der Waals surface area contributed by atoms with Crippen LogP contribution in [0.3, 0.4) is 0 Å². The van der Waals surface area contributed by atoms with Crippen molar-refractivity contribution in [2.24, 2.45) is 0 Å². The molecule has 180 valence electrons. The van der Waals surface area contributed by atoms with Crippen LogP contribution in [0, 0.1) is 13.8 Å². The molecule has 0 aliphatic carbocycles. The molecular weight excluding hydrogens is 438 g/mol. The third-order valence-electron chi connectivity index (χ3n) is 5.47. The summed E-state index contributed by atoms with van der Waals surface area (Å²) in [6.45, 7) is 9.21. The summed E-state index contributed by atoms with van der Waals surface area (Å²) in [5, 5.41) is 2.88. The molecule has 0 bridgehead atoms. The summed E-state index contributed by atoms with van der Waals surface area (Å²) >= 11 is 0. The highest BCUT2D eigenvalue weighted by molar-refractivity contribution is 7.92. The van der Waals surface area contributed by atoms with E-state index in [4.69, 9.17) is 0 Å². The molecule has 0 aliphatic heterocycles. The molecule has 2 rings (SSSR count). The van der Waals surface area contributed by atoms with Gasteiger partial charge in [-0.3, -0.25) is 13.9 Å². The van der Waals surface area contributed by atoms with Crippen LogP contribution in [-0.4, -0.2) is 50.0 Å². The van der Waals surface area contributed by atoms with E-state index in [1.165, 1.54) is 4.90 Å². The molecular formula is C25H35N3O4S. The number of nitrogens with zero attached hydrogens (tertiary/aromatic N) is 2. The highest BCUT2D eigenvalue weighted by Crippen LogP contribution is 2.22. The second-order valence-corrected chi connectivity index (χ2v) is 10.5. The fourth-order valence-electron chi connectivity index (χ4n) is 3.57. The summed E-state index contributed by atoms with van der Waals surface area (Å²) in [4.78, 5) is 28.0. The Kier molecular flexibility index (Phi) is 9.05. The largest absolute Gasteiger partial charge is 0.352 e. The Morgan fingerprint density at radius 3 is 2.15 bits per heavy atom. The first kappa shape index (κ1) is 26.4. The molecule has 0 aliphatic rings. The minimum Gasteiger partial charge on any atom is -0.352 e. The molecule has 0 saturated carbocycles. The standard InChI is InChI=1S/C25H35N3O4S/c1-7-23(25(30)26-18(2)3)27(16-21-11-9-8-10-12-21)24(29)17-28(33(6,31)32)22-14-13-19(4)20(5)15-22/h8-15,18,23H,7,16-17H2,1-6H3,(H,26,30). The lowest BCUT2D eigenvalue weighted by atomic mass is 10.1. The first-order valence-electron chi connectivity index (χ1n) is 11.1. The molecule has 0 fully saturated rings. The van der Waals surface area contributed by atoms with E-state index in [0.29, 0.717) is 12.1 Å². The van der Waals surface area contributed by atoms with Crippen LogP contribution in [-0.2, 0) is 26.2 Å². The van der Waals surface area contributed by atoms with E-state index in [-0.39, 0.29) is 25.0 Å². The number of rotatable bonds is 10. The summed E-state index contributed by atoms with van der Waals surface area (Å²) in [7, 11) is -3.74. The Hall–Kier alpha value is -2.87. The van der Waals surface area contributed by atoms with Crippen molar-refractivity contribution < 1.29 is 18.0 Å². The van der Waals surface area contributed by atoms with Crippen molar-refractivity contribution in [2.45, 2.75) is 59.7 Å². The third kappa shape index (κ3) is 7.32. The smallest absolute Gasteiger partial charge is 0.244 e. The second kappa shape index (κ2) is 11.3. The van der Waals surface area contributed by atoms with Gasteiger partial charge >= 0.3 is 0 Å². The van der Waals surface area contributed by atoms with Crippen LogP contribution in [0.1, 0.15) is 43.9 Å². The zero-order valence-corrected chi connectivity index (χ0v) is 21.1. The van der Waals surface area contributed by atoms with Crippen LogP contribution in [0.2, 0.25) is 0 Å². The fraction of sp³-hybridized carbons (Fsp3) is 0.440. The van der Waals surface area contributed by atoms with Crippen LogP contribution < -0.4 is 9.62 Å². The first-order chi connectivity index (χ1) is 15.4. The van der Waals surface area contributed by atoms with Crippen molar-refractivity contribution in [3.8, 4) is 0 Å². The summed E-state index contributed by atoms with van der Waals surface area (Å²) in [6, 6.07) is 13.9. The number of carbonyl (C=O) groups excluding carboxylic acids is 2. The monoisotopic (exact) mass is 473 g/mol. The Morgan fingerprint density at radius 2 is 1.64 bits per heavy atom. The number of nitrogens with one attached hydrogen (secondary N) is 1. The molecule has 0 aromatic heterocycles. The van der Waals surface area contributed by atoms with E-state index < -0.39 is 22.0 Å². The van der Waals surface area contributed by atoms with Crippen molar-refractivity contribution in [2.75, 3.05) is 17.1 Å². The van der Waals surface area contributed by atoms with Gasteiger partial charge in [0.15, 0.2) is 0 Å². The van der Waals surface area contributed by atoms with Crippen LogP contribution in [0.5, 0.6) is 0 Å². The van der Waals surface area contributed by atoms with E-state index in [9.17, 15) is 18.0 Å². The molecule has 1 N–H and O–H groups in total. The second-order valence-electron chi connectivity index (χ2n) is 8.63. The maximum Gasteiger partial charge on any atom is 0.244 e. The van der Waals surface area contributed by atoms with Crippen LogP contribution in [0.4, 0.5) is 5.69 Å². The van der Waals surface area contributed by atoms with Crippen molar-refractivity contribution in [1.29, 1.82) is 0 Å². The van der Waals surface area contributed by atoms with Gasteiger partial charge in [-0.1, -0.05) is 43.3 Å². The van der Waals surface area contributed by atoms with Gasteiger partial charge in [-0.05, 0) is 62.9 Å². The predicted octanol–water partition coefficient (Wildman–Crippen LogP) is 3.40. The number of anilines is 1. The van der Waals surface area contributed by atoms with Gasteiger partial charge in [0.2, 0.25) is 21.8 Å². The van der Waals surface area contributed by atoms with Crippen molar-refractivity contribution in [1.82, 2.24) is 10.2 Å². The Balaban J connectivity index is 2.43. The molecule has 0 heterocycles. The van der Waals surface area contributed by atoms with Gasteiger partial charge < -0.3 is 10.2 Å². The number of aryl methyl sites for hydroxylation is 2. The summed E-state index contributed by atoms with van der Waals surface area (Å²) in [5.41, 5.74) is 3.24. The zero-order chi connectivity index (χ0) is 24.8. The summed E-state index contributed by atoms with van der Waals surface area (Å²) in [6.07, 6.45) is 1.49. The average Bonchev–Trinajstić information content (AvgIpc) is 2.73. The highest BCUT2D eigenvalue weighted by atomic mass is 32.2. The average molecular weight is 474 g/mol. The molecule has 8 heteroatoms. The number of benzene rings is 2. The predicted molar refractivity (Wildman–Crippen MR) is 132 cm³/mol. The van der Waals surface area contributed by atoms with E-state index in [0.717, 1.165) is 27.3 Å². The molecule has 7 nitrogen and oxygen atoms in total. The molecule has 2 aromatic carbocycles. The Bertz CT molecular complexity index is 1070. The Morgan fingerprint density at radius 1 is 1.00 bits per heavy atom. The normalized spacial score (nSPS) is 12.3. The van der Waals surface area contributed by atoms with Crippen LogP contribution in [0.25, 0.3) is 0 Å². The minimum absolute atomic E-state index is 0.0803. The van der Waals surface area contributed by atoms with Crippen molar-refractivity contribution in [3.63, 3.8) is 0 Å². The SMILES string of the molecule is CCC(C(=O)NC(C)C)N(Cc1ccccc1)C(=O)CN(c1ccc(C)c(C)c1)S(C)(=O)=O. The quantitative estimate of drug-likeness (QED) is 0.573. The highest BCUT2D eigenvalue weighted by Gasteiger charge is 2.32. The number of hydrogen-bond donors (Lipinski definition) is 1. The fourth-order valence-corrected chi connectivity index (χ4v) is 4.42. The van der Waals surface area contributed by atoms with E-state index in [1.54, 1.807) is 12.1 Å². The van der Waals surface area contributed by atoms with E-state index in [1.807, 2.05) is 71.0 Å². The summed E-state index contributed by atoms with van der Waals surface area (Å²) < 4.78 is 26.4. The molecule has 2 aromatic rings. The molecule has 0 radical (unpaired) electrons. The van der Waals surface area contributed by atoms with Crippen LogP contribution >= 0.6 is 0 Å². The molecule has 2 amide bonds. The molecule has 1 atom stereocenters. The third-order valence-corrected chi connectivity index (χ3v) is 6.61. The minimum atomic E-state index is -3.74. The van der Waals surface area contributed by atoms with Gasteiger partial charge in [0.25, 0.3) is 0 Å². The maximum absolute atomic E-state index is 13.6. The van der Waals surface area contributed by atoms with Gasteiger partial charge in [-0.2, -0.15) is 0 Å². The van der Waals surface area contributed by atoms with E-state index >= 15 is 0 Å². The lowest BCUT2D eigenvalue weighted by Gasteiger charge is -2.33. The molecule has 1 unspecified atom stereocenters. The van der Waals surface area contributed by atoms with Gasteiger partial charge in [0.05, 0.1) is 11.9 Å². The van der Waals surface area contributed by atoms with Gasteiger partial charge in [-0.25, -0.2) is 8.42 Å². The number of amides is 2. The number of hydrogen-bond acceptors (Lipinski definition) is 4. The zero-order valence-electron chi connectivity index (χ0n) is 20.3. The summed E-state index contributed by atoms with van der Waals surface area (Å²) in [5.74, 6) is -0.692. The van der Waals surface area contributed by atoms with Crippen molar-refractivity contribution >= 4 is 27.5 Å². The molecule has 0 saturated heterocycles. The van der Waals surface area contributed by atoms with Gasteiger partial charge in [-0.15, -0.1) is 0 Å². The van der Waals surface area contributed by atoms with E-state index in [2.05, 4.69) is 5.32 Å². The van der Waals surface area contributed by atoms with Crippen molar-refractivity contribution in [3.05, 3.63) is 65.2 Å². The van der Waals surface area contributed by atoms with Crippen LogP contribution in [0.15, 0.2) is 48.5 Å².